The van der Waals surface area contributed by atoms with Crippen molar-refractivity contribution in [3.05, 3.63) is 36.9 Å². The van der Waals surface area contributed by atoms with Crippen molar-refractivity contribution in [1.29, 1.82) is 0 Å². The number of hydrogen-bond acceptors (Lipinski definition) is 5. The Bertz CT molecular complexity index is 401. The van der Waals surface area contributed by atoms with Gasteiger partial charge in [0.25, 0.3) is 0 Å². The Morgan fingerprint density at radius 1 is 1.07 bits per heavy atom. The van der Waals surface area contributed by atoms with Gasteiger partial charge in [-0.2, -0.15) is 0 Å². The monoisotopic (exact) mass is 204 g/mol. The molecule has 0 fully saturated rings. The molecular formula is C9H8N4S. The molecule has 70 valence electrons. The molecule has 14 heavy (non-hydrogen) atoms. The largest absolute Gasteiger partial charge is 0.396 e. The number of nitrogens with two attached hydrogens (primary N) is 1. The Morgan fingerprint density at radius 3 is 2.36 bits per heavy atom. The molecule has 0 aliphatic rings. The van der Waals surface area contributed by atoms with Crippen LogP contribution in [0.2, 0.25) is 0 Å². The zero-order valence-corrected chi connectivity index (χ0v) is 8.11. The van der Waals surface area contributed by atoms with Gasteiger partial charge in [0, 0.05) is 17.3 Å². The fourth-order valence-electron chi connectivity index (χ4n) is 0.891. The average molecular weight is 204 g/mol. The second-order valence-electron chi connectivity index (χ2n) is 2.58. The maximum atomic E-state index is 5.48. The molecule has 2 rings (SSSR count). The first-order valence-corrected chi connectivity index (χ1v) is 4.81. The third-order valence-electron chi connectivity index (χ3n) is 1.51. The van der Waals surface area contributed by atoms with Gasteiger partial charge in [0.1, 0.15) is 0 Å². The normalized spacial score (nSPS) is 10.0. The van der Waals surface area contributed by atoms with Crippen LogP contribution in [0.3, 0.4) is 0 Å². The number of hydrogen-bond donors (Lipinski definition) is 1. The maximum Gasteiger partial charge on any atom is 0.192 e. The molecule has 0 saturated carbocycles. The van der Waals surface area contributed by atoms with Crippen LogP contribution >= 0.6 is 11.8 Å². The Labute approximate surface area is 85.6 Å². The summed E-state index contributed by atoms with van der Waals surface area (Å²) in [6, 6.07) is 3.81. The minimum absolute atomic E-state index is 0.573. The zero-order valence-electron chi connectivity index (χ0n) is 7.29. The van der Waals surface area contributed by atoms with E-state index in [0.29, 0.717) is 10.8 Å². The predicted molar refractivity (Wildman–Crippen MR) is 54.8 cm³/mol. The van der Waals surface area contributed by atoms with Gasteiger partial charge >= 0.3 is 0 Å². The highest BCUT2D eigenvalue weighted by Gasteiger charge is 1.98. The summed E-state index contributed by atoms with van der Waals surface area (Å²) in [6.45, 7) is 0. The van der Waals surface area contributed by atoms with Crippen LogP contribution in [-0.4, -0.2) is 15.0 Å². The highest BCUT2D eigenvalue weighted by molar-refractivity contribution is 7.99. The van der Waals surface area contributed by atoms with Crippen molar-refractivity contribution in [2.75, 3.05) is 5.73 Å². The van der Waals surface area contributed by atoms with E-state index >= 15 is 0 Å². The molecule has 0 amide bonds. The van der Waals surface area contributed by atoms with Crippen molar-refractivity contribution < 1.29 is 0 Å². The van der Waals surface area contributed by atoms with Crippen LogP contribution in [0.15, 0.2) is 47.0 Å². The van der Waals surface area contributed by atoms with Crippen molar-refractivity contribution in [1.82, 2.24) is 15.0 Å². The molecule has 2 aromatic rings. The molecule has 0 aromatic carbocycles. The summed E-state index contributed by atoms with van der Waals surface area (Å²) in [4.78, 5) is 13.1. The SMILES string of the molecule is Nc1cnc(Sc2ccncc2)nc1. The van der Waals surface area contributed by atoms with Gasteiger partial charge in [-0.3, -0.25) is 4.98 Å². The number of aromatic nitrogens is 3. The summed E-state index contributed by atoms with van der Waals surface area (Å²) in [5.74, 6) is 0. The summed E-state index contributed by atoms with van der Waals surface area (Å²) in [5.41, 5.74) is 6.05. The molecule has 0 aliphatic carbocycles. The average Bonchev–Trinajstić information content (AvgIpc) is 2.23. The van der Waals surface area contributed by atoms with Gasteiger partial charge < -0.3 is 5.73 Å². The first-order chi connectivity index (χ1) is 6.84. The first-order valence-electron chi connectivity index (χ1n) is 4.00. The summed E-state index contributed by atoms with van der Waals surface area (Å²) in [7, 11) is 0. The van der Waals surface area contributed by atoms with E-state index in [1.807, 2.05) is 12.1 Å². The second-order valence-corrected chi connectivity index (χ2v) is 3.62. The van der Waals surface area contributed by atoms with Gasteiger partial charge in [-0.05, 0) is 23.9 Å². The van der Waals surface area contributed by atoms with Gasteiger partial charge in [-0.1, -0.05) is 0 Å². The number of anilines is 1. The topological polar surface area (TPSA) is 64.7 Å². The van der Waals surface area contributed by atoms with Crippen LogP contribution < -0.4 is 5.73 Å². The van der Waals surface area contributed by atoms with E-state index in [2.05, 4.69) is 15.0 Å². The molecular weight excluding hydrogens is 196 g/mol. The zero-order chi connectivity index (χ0) is 9.80. The van der Waals surface area contributed by atoms with E-state index in [-0.39, 0.29) is 0 Å². The van der Waals surface area contributed by atoms with Gasteiger partial charge in [0.2, 0.25) is 0 Å². The minimum atomic E-state index is 0.573. The lowest BCUT2D eigenvalue weighted by molar-refractivity contribution is 0.970. The molecule has 2 N–H and O–H groups in total. The highest BCUT2D eigenvalue weighted by Crippen LogP contribution is 2.22. The van der Waals surface area contributed by atoms with Crippen molar-refractivity contribution in [3.8, 4) is 0 Å². The lowest BCUT2D eigenvalue weighted by Gasteiger charge is -1.98. The van der Waals surface area contributed by atoms with Gasteiger partial charge in [-0.25, -0.2) is 9.97 Å². The second kappa shape index (κ2) is 4.06. The molecule has 0 saturated heterocycles. The van der Waals surface area contributed by atoms with E-state index < -0.39 is 0 Å². The van der Waals surface area contributed by atoms with E-state index in [1.54, 1.807) is 24.8 Å². The Kier molecular flexibility index (Phi) is 2.60. The summed E-state index contributed by atoms with van der Waals surface area (Å²) in [5, 5.41) is 0.686. The third-order valence-corrected chi connectivity index (χ3v) is 2.41. The van der Waals surface area contributed by atoms with Crippen molar-refractivity contribution >= 4 is 17.4 Å². The summed E-state index contributed by atoms with van der Waals surface area (Å²) in [6.07, 6.45) is 6.66. The maximum absolute atomic E-state index is 5.48. The van der Waals surface area contributed by atoms with Crippen LogP contribution in [0.1, 0.15) is 0 Å². The molecule has 0 radical (unpaired) electrons. The minimum Gasteiger partial charge on any atom is -0.396 e. The quantitative estimate of drug-likeness (QED) is 0.753. The van der Waals surface area contributed by atoms with Crippen LogP contribution in [-0.2, 0) is 0 Å². The molecule has 2 aromatic heterocycles. The van der Waals surface area contributed by atoms with Crippen LogP contribution in [0.5, 0.6) is 0 Å². The Hall–Kier alpha value is -1.62. The Balaban J connectivity index is 2.16. The van der Waals surface area contributed by atoms with Gasteiger partial charge in [0.05, 0.1) is 18.1 Å². The lowest BCUT2D eigenvalue weighted by atomic mass is 10.5. The van der Waals surface area contributed by atoms with Crippen molar-refractivity contribution in [2.45, 2.75) is 10.1 Å². The lowest BCUT2D eigenvalue weighted by Crippen LogP contribution is -1.90. The van der Waals surface area contributed by atoms with Crippen LogP contribution in [0.4, 0.5) is 5.69 Å². The number of nitrogens with zero attached hydrogens (tertiary/aromatic N) is 3. The molecule has 0 unspecified atom stereocenters. The van der Waals surface area contributed by atoms with Gasteiger partial charge in [-0.15, -0.1) is 0 Å². The first kappa shape index (κ1) is 8.96. The van der Waals surface area contributed by atoms with Crippen molar-refractivity contribution in [3.63, 3.8) is 0 Å². The highest BCUT2D eigenvalue weighted by atomic mass is 32.2. The van der Waals surface area contributed by atoms with Crippen LogP contribution in [0.25, 0.3) is 0 Å². The smallest absolute Gasteiger partial charge is 0.192 e. The molecule has 0 aliphatic heterocycles. The predicted octanol–water partition coefficient (Wildman–Crippen LogP) is 1.60. The molecule has 2 heterocycles. The summed E-state index contributed by atoms with van der Waals surface area (Å²) >= 11 is 1.48. The Morgan fingerprint density at radius 2 is 1.71 bits per heavy atom. The van der Waals surface area contributed by atoms with Gasteiger partial charge in [0.15, 0.2) is 5.16 Å². The summed E-state index contributed by atoms with van der Waals surface area (Å²) < 4.78 is 0. The van der Waals surface area contributed by atoms with E-state index in [4.69, 9.17) is 5.73 Å². The van der Waals surface area contributed by atoms with Crippen LogP contribution in [0, 0.1) is 0 Å². The van der Waals surface area contributed by atoms with E-state index in [1.165, 1.54) is 11.8 Å². The fraction of sp³-hybridized carbons (Fsp3) is 0. The molecule has 0 atom stereocenters. The fourth-order valence-corrected chi connectivity index (χ4v) is 1.57. The third kappa shape index (κ3) is 2.20. The molecule has 0 spiro atoms. The molecule has 5 heteroatoms. The van der Waals surface area contributed by atoms with Crippen molar-refractivity contribution in [2.24, 2.45) is 0 Å². The number of nitrogen functional groups attached to an aromatic ring is 1. The molecule has 4 nitrogen and oxygen atoms in total. The number of pyridine rings is 1. The standard InChI is InChI=1S/C9H8N4S/c10-7-5-12-9(13-6-7)14-8-1-3-11-4-2-8/h1-6H,10H2. The molecule has 0 bridgehead atoms. The van der Waals surface area contributed by atoms with E-state index in [0.717, 1.165) is 4.90 Å². The van der Waals surface area contributed by atoms with E-state index in [9.17, 15) is 0 Å². The number of rotatable bonds is 2.